The Morgan fingerprint density at radius 1 is 1.19 bits per heavy atom. The van der Waals surface area contributed by atoms with Crippen molar-refractivity contribution < 1.29 is 18.7 Å². The number of anilines is 1. The molecule has 0 fully saturated rings. The van der Waals surface area contributed by atoms with E-state index in [-0.39, 0.29) is 18.3 Å². The topological polar surface area (TPSA) is 58.6 Å². The van der Waals surface area contributed by atoms with Crippen LogP contribution in [-0.4, -0.2) is 37.0 Å². The van der Waals surface area contributed by atoms with Crippen LogP contribution < -0.4 is 5.32 Å². The summed E-state index contributed by atoms with van der Waals surface area (Å²) in [5.74, 6) is -0.987. The summed E-state index contributed by atoms with van der Waals surface area (Å²) < 4.78 is 18.4. The molecule has 1 amide bonds. The van der Waals surface area contributed by atoms with Gasteiger partial charge in [0.25, 0.3) is 0 Å². The van der Waals surface area contributed by atoms with Crippen LogP contribution in [0.3, 0.4) is 0 Å². The van der Waals surface area contributed by atoms with Gasteiger partial charge in [-0.15, -0.1) is 6.58 Å². The Balaban J connectivity index is 1.98. The van der Waals surface area contributed by atoms with Gasteiger partial charge in [-0.25, -0.2) is 9.18 Å². The molecule has 0 radical (unpaired) electrons. The quantitative estimate of drug-likeness (QED) is 0.583. The molecular weight excluding hydrogens is 335 g/mol. The van der Waals surface area contributed by atoms with E-state index in [1.54, 1.807) is 53.4 Å². The number of carbonyl (C=O) groups is 2. The molecule has 1 N–H and O–H groups in total. The summed E-state index contributed by atoms with van der Waals surface area (Å²) in [6.45, 7) is 4.51. The molecule has 0 aromatic heterocycles. The normalized spacial score (nSPS) is 10.4. The van der Waals surface area contributed by atoms with Crippen molar-refractivity contribution in [3.8, 4) is 0 Å². The van der Waals surface area contributed by atoms with Gasteiger partial charge >= 0.3 is 5.97 Å². The number of benzene rings is 2. The average molecular weight is 356 g/mol. The third-order valence-corrected chi connectivity index (χ3v) is 3.70. The molecule has 2 rings (SSSR count). The highest BCUT2D eigenvalue weighted by molar-refractivity contribution is 5.94. The zero-order valence-electron chi connectivity index (χ0n) is 14.6. The van der Waals surface area contributed by atoms with Crippen molar-refractivity contribution >= 4 is 17.6 Å². The minimum Gasteiger partial charge on any atom is -0.465 e. The fourth-order valence-corrected chi connectivity index (χ4v) is 2.45. The van der Waals surface area contributed by atoms with Crippen molar-refractivity contribution in [2.75, 3.05) is 25.5 Å². The van der Waals surface area contributed by atoms with E-state index in [0.29, 0.717) is 29.9 Å². The number of hydrogen-bond acceptors (Lipinski definition) is 4. The first-order valence-electron chi connectivity index (χ1n) is 8.08. The van der Waals surface area contributed by atoms with E-state index < -0.39 is 5.97 Å². The number of amides is 1. The summed E-state index contributed by atoms with van der Waals surface area (Å²) in [4.78, 5) is 25.5. The first kappa shape index (κ1) is 19.3. The number of nitrogens with zero attached hydrogens (tertiary/aromatic N) is 1. The molecular formula is C20H21FN2O3. The van der Waals surface area contributed by atoms with Crippen LogP contribution in [-0.2, 0) is 16.1 Å². The van der Waals surface area contributed by atoms with E-state index in [1.165, 1.54) is 13.2 Å². The van der Waals surface area contributed by atoms with Crippen LogP contribution in [0.1, 0.15) is 15.9 Å². The molecule has 0 aliphatic carbocycles. The number of esters is 1. The molecule has 0 saturated carbocycles. The lowest BCUT2D eigenvalue weighted by Crippen LogP contribution is -2.33. The van der Waals surface area contributed by atoms with E-state index in [0.717, 1.165) is 0 Å². The fourth-order valence-electron chi connectivity index (χ4n) is 2.45. The molecule has 0 aliphatic rings. The molecule has 2 aromatic rings. The molecule has 0 heterocycles. The van der Waals surface area contributed by atoms with Crippen molar-refractivity contribution in [2.45, 2.75) is 6.54 Å². The molecule has 5 nitrogen and oxygen atoms in total. The summed E-state index contributed by atoms with van der Waals surface area (Å²) in [6.07, 6.45) is 1.67. The summed E-state index contributed by atoms with van der Waals surface area (Å²) in [5, 5.41) is 2.75. The monoisotopic (exact) mass is 356 g/mol. The van der Waals surface area contributed by atoms with Gasteiger partial charge in [0.05, 0.1) is 19.2 Å². The lowest BCUT2D eigenvalue weighted by atomic mass is 10.2. The summed E-state index contributed by atoms with van der Waals surface area (Å²) in [6, 6.07) is 12.9. The summed E-state index contributed by atoms with van der Waals surface area (Å²) in [5.41, 5.74) is 1.48. The fraction of sp³-hybridized carbons (Fsp3) is 0.200. The van der Waals surface area contributed by atoms with Gasteiger partial charge in [0.2, 0.25) is 5.91 Å². The second kappa shape index (κ2) is 9.48. The molecule has 2 aromatic carbocycles. The van der Waals surface area contributed by atoms with Crippen LogP contribution in [0.2, 0.25) is 0 Å². The molecule has 26 heavy (non-hydrogen) atoms. The maximum absolute atomic E-state index is 13.8. The minimum absolute atomic E-state index is 0.0824. The molecule has 0 atom stereocenters. The Morgan fingerprint density at radius 2 is 1.88 bits per heavy atom. The van der Waals surface area contributed by atoms with Crippen LogP contribution >= 0.6 is 0 Å². The highest BCUT2D eigenvalue weighted by atomic mass is 19.1. The van der Waals surface area contributed by atoms with Gasteiger partial charge in [0, 0.05) is 24.3 Å². The molecule has 0 unspecified atom stereocenters. The maximum atomic E-state index is 13.8. The third-order valence-electron chi connectivity index (χ3n) is 3.70. The Bertz CT molecular complexity index is 775. The number of halogens is 1. The first-order chi connectivity index (χ1) is 12.5. The van der Waals surface area contributed by atoms with Crippen LogP contribution in [0.25, 0.3) is 0 Å². The number of rotatable bonds is 8. The Morgan fingerprint density at radius 3 is 2.50 bits per heavy atom. The van der Waals surface area contributed by atoms with E-state index >= 15 is 0 Å². The maximum Gasteiger partial charge on any atom is 0.337 e. The van der Waals surface area contributed by atoms with Gasteiger partial charge in [-0.3, -0.25) is 9.69 Å². The van der Waals surface area contributed by atoms with Crippen molar-refractivity contribution in [3.63, 3.8) is 0 Å². The van der Waals surface area contributed by atoms with Crippen LogP contribution in [0.15, 0.2) is 61.2 Å². The first-order valence-corrected chi connectivity index (χ1v) is 8.08. The van der Waals surface area contributed by atoms with Crippen LogP contribution in [0.4, 0.5) is 10.1 Å². The molecule has 6 heteroatoms. The third kappa shape index (κ3) is 5.53. The SMILES string of the molecule is C=CCN(CC(=O)Nc1ccc(C(=O)OC)cc1)Cc1ccccc1F. The van der Waals surface area contributed by atoms with Crippen molar-refractivity contribution in [3.05, 3.63) is 78.1 Å². The van der Waals surface area contributed by atoms with Gasteiger partial charge in [-0.1, -0.05) is 24.3 Å². The lowest BCUT2D eigenvalue weighted by Gasteiger charge is -2.20. The lowest BCUT2D eigenvalue weighted by molar-refractivity contribution is -0.117. The van der Waals surface area contributed by atoms with E-state index in [1.807, 2.05) is 0 Å². The number of hydrogen-bond donors (Lipinski definition) is 1. The van der Waals surface area contributed by atoms with Gasteiger partial charge in [-0.2, -0.15) is 0 Å². The summed E-state index contributed by atoms with van der Waals surface area (Å²) in [7, 11) is 1.31. The molecule has 0 spiro atoms. The Hall–Kier alpha value is -2.99. The van der Waals surface area contributed by atoms with Crippen molar-refractivity contribution in [2.24, 2.45) is 0 Å². The summed E-state index contributed by atoms with van der Waals surface area (Å²) >= 11 is 0. The van der Waals surface area contributed by atoms with Crippen LogP contribution in [0, 0.1) is 5.82 Å². The Labute approximate surface area is 152 Å². The van der Waals surface area contributed by atoms with Crippen molar-refractivity contribution in [1.82, 2.24) is 4.90 Å². The number of methoxy groups -OCH3 is 1. The van der Waals surface area contributed by atoms with Crippen LogP contribution in [0.5, 0.6) is 0 Å². The largest absolute Gasteiger partial charge is 0.465 e. The van der Waals surface area contributed by atoms with Gasteiger partial charge < -0.3 is 10.1 Å². The highest BCUT2D eigenvalue weighted by Gasteiger charge is 2.13. The number of nitrogens with one attached hydrogen (secondary N) is 1. The average Bonchev–Trinajstić information content (AvgIpc) is 2.63. The van der Waals surface area contributed by atoms with Gasteiger partial charge in [0.1, 0.15) is 5.82 Å². The van der Waals surface area contributed by atoms with E-state index in [2.05, 4.69) is 16.6 Å². The number of carbonyl (C=O) groups excluding carboxylic acids is 2. The molecule has 0 aliphatic heterocycles. The zero-order valence-corrected chi connectivity index (χ0v) is 14.6. The molecule has 0 saturated heterocycles. The van der Waals surface area contributed by atoms with E-state index in [9.17, 15) is 14.0 Å². The van der Waals surface area contributed by atoms with Gasteiger partial charge in [0.15, 0.2) is 0 Å². The van der Waals surface area contributed by atoms with E-state index in [4.69, 9.17) is 0 Å². The zero-order chi connectivity index (χ0) is 18.9. The molecule has 0 bridgehead atoms. The number of ether oxygens (including phenoxy) is 1. The van der Waals surface area contributed by atoms with Crippen molar-refractivity contribution in [1.29, 1.82) is 0 Å². The standard InChI is InChI=1S/C20H21FN2O3/c1-3-12-23(13-16-6-4-5-7-18(16)21)14-19(24)22-17-10-8-15(9-11-17)20(25)26-2/h3-11H,1,12-14H2,2H3,(H,22,24). The smallest absolute Gasteiger partial charge is 0.337 e. The minimum atomic E-state index is -0.440. The highest BCUT2D eigenvalue weighted by Crippen LogP contribution is 2.12. The second-order valence-electron chi connectivity index (χ2n) is 5.67. The van der Waals surface area contributed by atoms with Gasteiger partial charge in [-0.05, 0) is 30.3 Å². The Kier molecular flexibility index (Phi) is 7.05. The predicted octanol–water partition coefficient (Wildman–Crippen LogP) is 3.24. The predicted molar refractivity (Wildman–Crippen MR) is 98.3 cm³/mol. The molecule has 136 valence electrons. The second-order valence-corrected chi connectivity index (χ2v) is 5.67.